The predicted molar refractivity (Wildman–Crippen MR) is 93.7 cm³/mol. The molecule has 0 amide bonds. The van der Waals surface area contributed by atoms with E-state index in [0.717, 1.165) is 18.4 Å². The molecule has 0 unspecified atom stereocenters. The van der Waals surface area contributed by atoms with Crippen LogP contribution in [0, 0.1) is 12.8 Å². The zero-order valence-electron chi connectivity index (χ0n) is 14.4. The molecule has 6 heteroatoms. The Kier molecular flexibility index (Phi) is 8.19. The monoisotopic (exact) mass is 342 g/mol. The summed E-state index contributed by atoms with van der Waals surface area (Å²) in [7, 11) is -3.62. The van der Waals surface area contributed by atoms with Crippen LogP contribution < -0.4 is 5.73 Å². The lowest BCUT2D eigenvalue weighted by molar-refractivity contribution is 0.168. The van der Waals surface area contributed by atoms with Crippen molar-refractivity contribution in [1.29, 1.82) is 0 Å². The van der Waals surface area contributed by atoms with Crippen LogP contribution in [0.1, 0.15) is 38.7 Å². The van der Waals surface area contributed by atoms with E-state index in [2.05, 4.69) is 0 Å². The van der Waals surface area contributed by atoms with Crippen LogP contribution in [0.5, 0.6) is 0 Å². The molecule has 0 saturated carbocycles. The number of aliphatic hydroxyl groups excluding tert-OH is 1. The first-order chi connectivity index (χ1) is 10.8. The van der Waals surface area contributed by atoms with Gasteiger partial charge in [-0.3, -0.25) is 0 Å². The number of nitrogens with zero attached hydrogens (tertiary/aromatic N) is 1. The first-order valence-corrected chi connectivity index (χ1v) is 9.66. The summed E-state index contributed by atoms with van der Waals surface area (Å²) in [6.07, 6.45) is 2.25. The van der Waals surface area contributed by atoms with Crippen molar-refractivity contribution in [3.05, 3.63) is 29.8 Å². The van der Waals surface area contributed by atoms with Gasteiger partial charge in [0, 0.05) is 12.6 Å². The minimum Gasteiger partial charge on any atom is -0.395 e. The standard InChI is InChI=1S/C17H30N2O3S/c1-14(2)12-19(16(13-20)6-4-5-11-18)23(21,22)17-9-7-15(3)8-10-17/h7-10,14,16,20H,4-6,11-13,18H2,1-3H3/t16-/m0/s1. The average Bonchev–Trinajstić information content (AvgIpc) is 2.50. The predicted octanol–water partition coefficient (Wildman–Crippen LogP) is 2.13. The molecular weight excluding hydrogens is 312 g/mol. The first kappa shape index (κ1) is 20.1. The van der Waals surface area contributed by atoms with Crippen LogP contribution in [0.25, 0.3) is 0 Å². The van der Waals surface area contributed by atoms with Gasteiger partial charge in [-0.25, -0.2) is 8.42 Å². The molecule has 1 rings (SSSR count). The third-order valence-electron chi connectivity index (χ3n) is 3.78. The lowest BCUT2D eigenvalue weighted by atomic mass is 10.1. The average molecular weight is 343 g/mol. The van der Waals surface area contributed by atoms with Gasteiger partial charge >= 0.3 is 0 Å². The molecular formula is C17H30N2O3S. The van der Waals surface area contributed by atoms with E-state index in [-0.39, 0.29) is 17.4 Å². The number of aliphatic hydroxyl groups is 1. The Morgan fingerprint density at radius 2 is 1.78 bits per heavy atom. The van der Waals surface area contributed by atoms with E-state index in [1.54, 1.807) is 24.3 Å². The van der Waals surface area contributed by atoms with E-state index in [4.69, 9.17) is 5.73 Å². The fourth-order valence-electron chi connectivity index (χ4n) is 2.50. The Balaban J connectivity index is 3.09. The molecule has 132 valence electrons. The molecule has 0 heterocycles. The fraction of sp³-hybridized carbons (Fsp3) is 0.647. The third-order valence-corrected chi connectivity index (χ3v) is 5.71. The topological polar surface area (TPSA) is 83.6 Å². The Morgan fingerprint density at radius 1 is 1.17 bits per heavy atom. The summed E-state index contributed by atoms with van der Waals surface area (Å²) >= 11 is 0. The van der Waals surface area contributed by atoms with Crippen LogP contribution in [0.3, 0.4) is 0 Å². The van der Waals surface area contributed by atoms with Gasteiger partial charge in [-0.2, -0.15) is 4.31 Å². The van der Waals surface area contributed by atoms with Crippen molar-refractivity contribution in [2.75, 3.05) is 19.7 Å². The van der Waals surface area contributed by atoms with E-state index < -0.39 is 16.1 Å². The van der Waals surface area contributed by atoms with E-state index in [9.17, 15) is 13.5 Å². The summed E-state index contributed by atoms with van der Waals surface area (Å²) in [6.45, 7) is 6.67. The van der Waals surface area contributed by atoms with Crippen molar-refractivity contribution in [3.8, 4) is 0 Å². The number of benzene rings is 1. The van der Waals surface area contributed by atoms with Crippen molar-refractivity contribution in [2.45, 2.75) is 51.0 Å². The van der Waals surface area contributed by atoms with Gasteiger partial charge in [0.15, 0.2) is 0 Å². The number of aryl methyl sites for hydroxylation is 1. The van der Waals surface area contributed by atoms with Crippen molar-refractivity contribution in [3.63, 3.8) is 0 Å². The van der Waals surface area contributed by atoms with E-state index in [1.807, 2.05) is 20.8 Å². The Morgan fingerprint density at radius 3 is 2.26 bits per heavy atom. The maximum absolute atomic E-state index is 13.0. The molecule has 0 saturated heterocycles. The van der Waals surface area contributed by atoms with Crippen molar-refractivity contribution in [2.24, 2.45) is 11.7 Å². The fourth-order valence-corrected chi connectivity index (χ4v) is 4.31. The molecule has 0 aromatic heterocycles. The smallest absolute Gasteiger partial charge is 0.243 e. The molecule has 0 bridgehead atoms. The quantitative estimate of drug-likeness (QED) is 0.638. The molecule has 5 nitrogen and oxygen atoms in total. The lowest BCUT2D eigenvalue weighted by Gasteiger charge is -2.31. The maximum Gasteiger partial charge on any atom is 0.243 e. The number of unbranched alkanes of at least 4 members (excludes halogenated alkanes) is 1. The molecule has 23 heavy (non-hydrogen) atoms. The van der Waals surface area contributed by atoms with Crippen molar-refractivity contribution in [1.82, 2.24) is 4.31 Å². The molecule has 0 spiro atoms. The van der Waals surface area contributed by atoms with Gasteiger partial charge in [0.2, 0.25) is 10.0 Å². The molecule has 1 aromatic carbocycles. The van der Waals surface area contributed by atoms with E-state index in [1.165, 1.54) is 4.31 Å². The number of hydrogen-bond acceptors (Lipinski definition) is 4. The molecule has 0 radical (unpaired) electrons. The van der Waals surface area contributed by atoms with Gasteiger partial charge in [-0.05, 0) is 44.4 Å². The number of sulfonamides is 1. The van der Waals surface area contributed by atoms with Crippen LogP contribution in [0.4, 0.5) is 0 Å². The molecule has 3 N–H and O–H groups in total. The third kappa shape index (κ3) is 5.88. The van der Waals surface area contributed by atoms with Gasteiger partial charge in [0.1, 0.15) is 0 Å². The first-order valence-electron chi connectivity index (χ1n) is 8.22. The summed E-state index contributed by atoms with van der Waals surface area (Å²) in [5.74, 6) is 0.179. The molecule has 0 aliphatic carbocycles. The summed E-state index contributed by atoms with van der Waals surface area (Å²) in [5, 5.41) is 9.73. The lowest BCUT2D eigenvalue weighted by Crippen LogP contribution is -2.44. The molecule has 1 atom stereocenters. The Labute approximate surface area is 140 Å². The van der Waals surface area contributed by atoms with Gasteiger partial charge in [0.05, 0.1) is 11.5 Å². The van der Waals surface area contributed by atoms with Crippen LogP contribution in [-0.4, -0.2) is 43.6 Å². The molecule has 0 aliphatic rings. The van der Waals surface area contributed by atoms with Crippen molar-refractivity contribution < 1.29 is 13.5 Å². The highest BCUT2D eigenvalue weighted by Crippen LogP contribution is 2.22. The number of hydrogen-bond donors (Lipinski definition) is 2. The van der Waals surface area contributed by atoms with E-state index in [0.29, 0.717) is 19.5 Å². The second-order valence-electron chi connectivity index (χ2n) is 6.40. The van der Waals surface area contributed by atoms with Crippen molar-refractivity contribution >= 4 is 10.0 Å². The minimum absolute atomic E-state index is 0.178. The summed E-state index contributed by atoms with van der Waals surface area (Å²) in [6, 6.07) is 6.44. The zero-order valence-corrected chi connectivity index (χ0v) is 15.2. The highest BCUT2D eigenvalue weighted by atomic mass is 32.2. The second kappa shape index (κ2) is 9.37. The van der Waals surface area contributed by atoms with Crippen LogP contribution in [-0.2, 0) is 10.0 Å². The zero-order chi connectivity index (χ0) is 17.5. The Bertz CT molecular complexity index is 556. The minimum atomic E-state index is -3.62. The van der Waals surface area contributed by atoms with Gasteiger partial charge in [-0.15, -0.1) is 0 Å². The van der Waals surface area contributed by atoms with Crippen LogP contribution >= 0.6 is 0 Å². The number of nitrogens with two attached hydrogens (primary N) is 1. The highest BCUT2D eigenvalue weighted by molar-refractivity contribution is 7.89. The SMILES string of the molecule is Cc1ccc(S(=O)(=O)N(CC(C)C)[C@H](CO)CCCCN)cc1. The van der Waals surface area contributed by atoms with E-state index >= 15 is 0 Å². The largest absolute Gasteiger partial charge is 0.395 e. The Hall–Kier alpha value is -0.950. The number of rotatable bonds is 10. The normalized spacial score (nSPS) is 13.7. The van der Waals surface area contributed by atoms with Crippen LogP contribution in [0.15, 0.2) is 29.2 Å². The molecule has 0 fully saturated rings. The van der Waals surface area contributed by atoms with Gasteiger partial charge in [0.25, 0.3) is 0 Å². The van der Waals surface area contributed by atoms with Gasteiger partial charge < -0.3 is 10.8 Å². The summed E-state index contributed by atoms with van der Waals surface area (Å²) in [4.78, 5) is 0.279. The maximum atomic E-state index is 13.0. The van der Waals surface area contributed by atoms with Gasteiger partial charge in [-0.1, -0.05) is 38.0 Å². The summed E-state index contributed by atoms with van der Waals surface area (Å²) in [5.41, 5.74) is 6.52. The highest BCUT2D eigenvalue weighted by Gasteiger charge is 2.31. The summed E-state index contributed by atoms with van der Waals surface area (Å²) < 4.78 is 27.5. The molecule has 0 aliphatic heterocycles. The molecule has 1 aromatic rings. The second-order valence-corrected chi connectivity index (χ2v) is 8.29. The van der Waals surface area contributed by atoms with Crippen LogP contribution in [0.2, 0.25) is 0 Å².